The molecule has 68 valence electrons. The predicted molar refractivity (Wildman–Crippen MR) is 48.2 cm³/mol. The minimum Gasteiger partial charge on any atom is -0.396 e. The Balaban J connectivity index is 2.64. The number of rotatable bonds is 2. The van der Waals surface area contributed by atoms with Gasteiger partial charge in [-0.3, -0.25) is 4.40 Å². The molecule has 0 radical (unpaired) electrons. The molecule has 0 spiro atoms. The van der Waals surface area contributed by atoms with Crippen LogP contribution in [0.5, 0.6) is 0 Å². The zero-order chi connectivity index (χ0) is 9.26. The van der Waals surface area contributed by atoms with Crippen molar-refractivity contribution in [1.82, 2.24) is 14.6 Å². The van der Waals surface area contributed by atoms with E-state index in [0.717, 1.165) is 0 Å². The molecule has 2 aromatic rings. The van der Waals surface area contributed by atoms with Crippen LogP contribution in [0.25, 0.3) is 5.65 Å². The third-order valence-electron chi connectivity index (χ3n) is 1.86. The van der Waals surface area contributed by atoms with Crippen LogP contribution in [0.3, 0.4) is 0 Å². The fourth-order valence-corrected chi connectivity index (χ4v) is 1.29. The van der Waals surface area contributed by atoms with Crippen molar-refractivity contribution in [2.75, 3.05) is 12.3 Å². The highest BCUT2D eigenvalue weighted by Crippen LogP contribution is 2.09. The number of pyridine rings is 1. The van der Waals surface area contributed by atoms with Crippen molar-refractivity contribution in [2.45, 2.75) is 6.42 Å². The third-order valence-corrected chi connectivity index (χ3v) is 1.86. The summed E-state index contributed by atoms with van der Waals surface area (Å²) in [4.78, 5) is 0. The molecule has 5 nitrogen and oxygen atoms in total. The monoisotopic (exact) mass is 178 g/mol. The minimum absolute atomic E-state index is 0.0507. The van der Waals surface area contributed by atoms with Crippen LogP contribution in [0.2, 0.25) is 0 Å². The number of hydrogen-bond donors (Lipinski definition) is 2. The first kappa shape index (κ1) is 8.00. The molecule has 0 aliphatic rings. The summed E-state index contributed by atoms with van der Waals surface area (Å²) in [5.41, 5.74) is 6.44. The molecule has 0 fully saturated rings. The molecule has 0 aromatic carbocycles. The Kier molecular flexibility index (Phi) is 1.86. The highest BCUT2D eigenvalue weighted by Gasteiger charge is 2.05. The van der Waals surface area contributed by atoms with E-state index >= 15 is 0 Å². The number of aliphatic hydroxyl groups excluding tert-OH is 1. The summed E-state index contributed by atoms with van der Waals surface area (Å²) in [6.07, 6.45) is 0.468. The van der Waals surface area contributed by atoms with Gasteiger partial charge in [0.25, 0.3) is 0 Å². The van der Waals surface area contributed by atoms with Gasteiger partial charge in [-0.2, -0.15) is 0 Å². The van der Waals surface area contributed by atoms with Crippen LogP contribution in [0, 0.1) is 0 Å². The van der Waals surface area contributed by atoms with Crippen LogP contribution in [0.15, 0.2) is 18.2 Å². The third kappa shape index (κ3) is 1.23. The summed E-state index contributed by atoms with van der Waals surface area (Å²) in [6, 6.07) is 5.42. The molecule has 0 saturated carbocycles. The lowest BCUT2D eigenvalue weighted by molar-refractivity contribution is 0.296. The average Bonchev–Trinajstić information content (AvgIpc) is 2.51. The Morgan fingerprint density at radius 1 is 1.38 bits per heavy atom. The number of fused-ring (bicyclic) bond motifs is 1. The summed E-state index contributed by atoms with van der Waals surface area (Å²) < 4.78 is 1.73. The van der Waals surface area contributed by atoms with Gasteiger partial charge in [-0.1, -0.05) is 6.07 Å². The van der Waals surface area contributed by atoms with E-state index in [1.807, 2.05) is 12.1 Å². The first-order valence-electron chi connectivity index (χ1n) is 4.02. The molecule has 0 aliphatic heterocycles. The summed E-state index contributed by atoms with van der Waals surface area (Å²) in [7, 11) is 0. The number of hydrogen-bond acceptors (Lipinski definition) is 4. The van der Waals surface area contributed by atoms with Crippen molar-refractivity contribution >= 4 is 11.5 Å². The standard InChI is InChI=1S/C8H10N4O/c9-6-2-1-3-7-10-11-8(4-5-13)12(6)7/h1-3,13H,4-5,9H2. The van der Waals surface area contributed by atoms with Crippen molar-refractivity contribution in [1.29, 1.82) is 0 Å². The zero-order valence-electron chi connectivity index (χ0n) is 7.01. The quantitative estimate of drug-likeness (QED) is 0.670. The Morgan fingerprint density at radius 2 is 2.23 bits per heavy atom. The second-order valence-electron chi connectivity index (χ2n) is 2.73. The van der Waals surface area contributed by atoms with Gasteiger partial charge in [-0.15, -0.1) is 10.2 Å². The molecule has 3 N–H and O–H groups in total. The van der Waals surface area contributed by atoms with Crippen LogP contribution in [0.1, 0.15) is 5.82 Å². The van der Waals surface area contributed by atoms with Crippen molar-refractivity contribution in [2.24, 2.45) is 0 Å². The maximum Gasteiger partial charge on any atom is 0.162 e. The maximum absolute atomic E-state index is 8.77. The lowest BCUT2D eigenvalue weighted by atomic mass is 10.4. The summed E-state index contributed by atoms with van der Waals surface area (Å²) in [6.45, 7) is 0.0507. The van der Waals surface area contributed by atoms with E-state index in [1.165, 1.54) is 0 Å². The molecule has 2 rings (SSSR count). The van der Waals surface area contributed by atoms with E-state index in [9.17, 15) is 0 Å². The first-order valence-corrected chi connectivity index (χ1v) is 4.02. The normalized spacial score (nSPS) is 10.8. The topological polar surface area (TPSA) is 76.4 Å². The number of nitrogens with two attached hydrogens (primary N) is 1. The molecule has 2 heterocycles. The van der Waals surface area contributed by atoms with E-state index in [1.54, 1.807) is 10.5 Å². The van der Waals surface area contributed by atoms with Crippen LogP contribution in [-0.4, -0.2) is 26.3 Å². The minimum atomic E-state index is 0.0507. The van der Waals surface area contributed by atoms with Crippen molar-refractivity contribution in [3.05, 3.63) is 24.0 Å². The van der Waals surface area contributed by atoms with Gasteiger partial charge in [0, 0.05) is 6.42 Å². The summed E-state index contributed by atoms with van der Waals surface area (Å²) >= 11 is 0. The second kappa shape index (κ2) is 3.02. The Morgan fingerprint density at radius 3 is 3.00 bits per heavy atom. The van der Waals surface area contributed by atoms with Gasteiger partial charge in [0.2, 0.25) is 0 Å². The van der Waals surface area contributed by atoms with E-state index in [0.29, 0.717) is 23.7 Å². The van der Waals surface area contributed by atoms with Crippen LogP contribution in [0.4, 0.5) is 5.82 Å². The number of aromatic nitrogens is 3. The maximum atomic E-state index is 8.77. The number of nitrogen functional groups attached to an aromatic ring is 1. The molecule has 13 heavy (non-hydrogen) atoms. The largest absolute Gasteiger partial charge is 0.396 e. The number of aliphatic hydroxyl groups is 1. The van der Waals surface area contributed by atoms with Gasteiger partial charge in [-0.25, -0.2) is 0 Å². The van der Waals surface area contributed by atoms with Gasteiger partial charge in [-0.05, 0) is 12.1 Å². The first-order chi connectivity index (χ1) is 6.33. The second-order valence-corrected chi connectivity index (χ2v) is 2.73. The molecular weight excluding hydrogens is 168 g/mol. The molecule has 0 saturated heterocycles. The van der Waals surface area contributed by atoms with Gasteiger partial charge >= 0.3 is 0 Å². The molecule has 0 atom stereocenters. The number of anilines is 1. The fourth-order valence-electron chi connectivity index (χ4n) is 1.29. The Bertz CT molecular complexity index is 423. The van der Waals surface area contributed by atoms with Crippen LogP contribution in [-0.2, 0) is 6.42 Å². The van der Waals surface area contributed by atoms with E-state index in [4.69, 9.17) is 10.8 Å². The molecule has 0 unspecified atom stereocenters. The number of nitrogens with zero attached hydrogens (tertiary/aromatic N) is 3. The highest BCUT2D eigenvalue weighted by atomic mass is 16.3. The average molecular weight is 178 g/mol. The van der Waals surface area contributed by atoms with E-state index < -0.39 is 0 Å². The van der Waals surface area contributed by atoms with Gasteiger partial charge in [0.05, 0.1) is 6.61 Å². The predicted octanol–water partition coefficient (Wildman–Crippen LogP) is -0.154. The van der Waals surface area contributed by atoms with Crippen LogP contribution < -0.4 is 5.73 Å². The van der Waals surface area contributed by atoms with Crippen LogP contribution >= 0.6 is 0 Å². The van der Waals surface area contributed by atoms with Gasteiger partial charge < -0.3 is 10.8 Å². The summed E-state index contributed by atoms with van der Waals surface area (Å²) in [5.74, 6) is 1.28. The van der Waals surface area contributed by atoms with Crippen molar-refractivity contribution < 1.29 is 5.11 Å². The van der Waals surface area contributed by atoms with E-state index in [-0.39, 0.29) is 6.61 Å². The summed E-state index contributed by atoms with van der Waals surface area (Å²) in [5, 5.41) is 16.6. The SMILES string of the molecule is Nc1cccc2nnc(CCO)n12. The molecule has 0 bridgehead atoms. The molecule has 2 aromatic heterocycles. The highest BCUT2D eigenvalue weighted by molar-refractivity contribution is 5.47. The molecule has 0 amide bonds. The fraction of sp³-hybridized carbons (Fsp3) is 0.250. The van der Waals surface area contributed by atoms with Gasteiger partial charge in [0.1, 0.15) is 11.6 Å². The Hall–Kier alpha value is -1.62. The lowest BCUT2D eigenvalue weighted by Crippen LogP contribution is -2.02. The van der Waals surface area contributed by atoms with Crippen molar-refractivity contribution in [3.8, 4) is 0 Å². The van der Waals surface area contributed by atoms with Gasteiger partial charge in [0.15, 0.2) is 5.65 Å². The molecular formula is C8H10N4O. The van der Waals surface area contributed by atoms with E-state index in [2.05, 4.69) is 10.2 Å². The smallest absolute Gasteiger partial charge is 0.162 e. The Labute approximate surface area is 74.8 Å². The molecule has 0 aliphatic carbocycles. The zero-order valence-corrected chi connectivity index (χ0v) is 7.01. The lowest BCUT2D eigenvalue weighted by Gasteiger charge is -2.00. The van der Waals surface area contributed by atoms with Crippen molar-refractivity contribution in [3.63, 3.8) is 0 Å². The molecule has 5 heteroatoms.